The number of carbonyl (C=O) groups is 1. The molecule has 0 aliphatic carbocycles. The highest BCUT2D eigenvalue weighted by atomic mass is 16.4. The third-order valence-corrected chi connectivity index (χ3v) is 2.30. The summed E-state index contributed by atoms with van der Waals surface area (Å²) in [5.41, 5.74) is 0. The quantitative estimate of drug-likeness (QED) is 0.674. The summed E-state index contributed by atoms with van der Waals surface area (Å²) in [7, 11) is 0. The lowest BCUT2D eigenvalue weighted by Crippen LogP contribution is -3.01. The lowest BCUT2D eigenvalue weighted by atomic mass is 10.1. The number of carboxylic acid groups (broad SMARTS) is 1. The summed E-state index contributed by atoms with van der Waals surface area (Å²) >= 11 is 0. The fourth-order valence-corrected chi connectivity index (χ4v) is 1.51. The van der Waals surface area contributed by atoms with Crippen LogP contribution in [0.15, 0.2) is 24.6 Å². The molecule has 0 spiro atoms. The lowest BCUT2D eigenvalue weighted by Gasteiger charge is -2.05. The average Bonchev–Trinajstić information content (AvgIpc) is 2.69. The molecule has 0 atom stereocenters. The van der Waals surface area contributed by atoms with E-state index in [1.165, 1.54) is 43.5 Å². The van der Waals surface area contributed by atoms with Crippen molar-refractivity contribution in [1.29, 1.82) is 0 Å². The normalized spacial score (nSPS) is 13.6. The Morgan fingerprint density at radius 1 is 1.12 bits per heavy atom. The van der Waals surface area contributed by atoms with Crippen molar-refractivity contribution in [3.63, 3.8) is 0 Å². The maximum atomic E-state index is 8.89. The molecule has 0 unspecified atom stereocenters. The van der Waals surface area contributed by atoms with Gasteiger partial charge in [0.25, 0.3) is 0 Å². The summed E-state index contributed by atoms with van der Waals surface area (Å²) < 4.78 is 0. The maximum absolute atomic E-state index is 8.89. The van der Waals surface area contributed by atoms with Gasteiger partial charge in [-0.15, -0.1) is 0 Å². The molecule has 1 aliphatic heterocycles. The van der Waals surface area contributed by atoms with Crippen molar-refractivity contribution in [1.82, 2.24) is 0 Å². The van der Waals surface area contributed by atoms with Crippen molar-refractivity contribution in [3.05, 3.63) is 24.6 Å². The van der Waals surface area contributed by atoms with Crippen LogP contribution in [-0.4, -0.2) is 12.5 Å². The minimum atomic E-state index is -1.08. The Labute approximate surface area is 98.5 Å². The predicted molar refractivity (Wildman–Crippen MR) is 63.5 cm³/mol. The first-order valence-corrected chi connectivity index (χ1v) is 6.05. The number of nitrogens with one attached hydrogen (secondary N) is 1. The summed E-state index contributed by atoms with van der Waals surface area (Å²) in [4.78, 5) is 10.4. The molecule has 0 saturated carbocycles. The van der Waals surface area contributed by atoms with Gasteiger partial charge in [0.1, 0.15) is 0 Å². The first kappa shape index (κ1) is 14.9. The average molecular weight is 225 g/mol. The van der Waals surface area contributed by atoms with Crippen LogP contribution in [0, 0.1) is 0 Å². The molecule has 0 amide bonds. The number of carbonyl (C=O) groups excluding carboxylic acids is 1. The molecule has 0 fully saturated rings. The number of hydrogen-bond donors (Lipinski definition) is 1. The molecule has 1 N–H and O–H groups in total. The molecule has 1 heterocycles. The number of carboxylic acids is 1. The van der Waals surface area contributed by atoms with Gasteiger partial charge in [-0.1, -0.05) is 26.2 Å². The molecule has 1 rings (SSSR count). The van der Waals surface area contributed by atoms with E-state index in [1.807, 2.05) is 0 Å². The molecule has 3 nitrogen and oxygen atoms in total. The van der Waals surface area contributed by atoms with Gasteiger partial charge in [0.2, 0.25) is 0 Å². The number of hydrogen-bond acceptors (Lipinski definition) is 2. The van der Waals surface area contributed by atoms with E-state index in [1.54, 1.807) is 0 Å². The van der Waals surface area contributed by atoms with Crippen LogP contribution in [0.1, 0.15) is 46.0 Å². The van der Waals surface area contributed by atoms with E-state index in [4.69, 9.17) is 9.90 Å². The van der Waals surface area contributed by atoms with Crippen LogP contribution >= 0.6 is 0 Å². The Kier molecular flexibility index (Phi) is 9.72. The first-order valence-electron chi connectivity index (χ1n) is 6.05. The number of allylic oxidation sites excluding steroid dienone is 2. The third kappa shape index (κ3) is 11.0. The van der Waals surface area contributed by atoms with Gasteiger partial charge in [-0.2, -0.15) is 0 Å². The standard InChI is InChI=1S/C11H19N.C2H4O2/c1-2-3-4-5-6-9-12-10-7-8-11-12;1-2(3)4/h7-8,10-11H,2-6,9H2,1H3;1H3,(H,3,4). The van der Waals surface area contributed by atoms with Gasteiger partial charge in [0, 0.05) is 5.97 Å². The second-order valence-electron chi connectivity index (χ2n) is 3.95. The summed E-state index contributed by atoms with van der Waals surface area (Å²) in [6.45, 7) is 4.51. The van der Waals surface area contributed by atoms with Gasteiger partial charge in [-0.3, -0.25) is 4.90 Å². The maximum Gasteiger partial charge on any atom is 0.0990 e. The summed E-state index contributed by atoms with van der Waals surface area (Å²) in [5, 5.41) is 8.89. The van der Waals surface area contributed by atoms with Crippen LogP contribution in [-0.2, 0) is 4.79 Å². The Balaban J connectivity index is 0.000000487. The second-order valence-corrected chi connectivity index (χ2v) is 3.95. The van der Waals surface area contributed by atoms with Crippen molar-refractivity contribution in [2.24, 2.45) is 0 Å². The van der Waals surface area contributed by atoms with Crippen molar-refractivity contribution < 1.29 is 14.8 Å². The van der Waals surface area contributed by atoms with Crippen LogP contribution in [0.3, 0.4) is 0 Å². The Hall–Kier alpha value is -1.09. The SMILES string of the molecule is CC(=O)[O-].CCCCCCC[NH+]1C=CC=C1. The summed E-state index contributed by atoms with van der Waals surface area (Å²) in [5.74, 6) is -1.08. The molecule has 1 aliphatic rings. The van der Waals surface area contributed by atoms with E-state index in [2.05, 4.69) is 31.5 Å². The number of unbranched alkanes of at least 4 members (excludes halogenated alkanes) is 4. The fraction of sp³-hybridized carbons (Fsp3) is 0.615. The zero-order valence-electron chi connectivity index (χ0n) is 10.4. The van der Waals surface area contributed by atoms with E-state index in [0.29, 0.717) is 0 Å². The molecule has 0 saturated heterocycles. The molecule has 92 valence electrons. The minimum absolute atomic E-state index is 0.972. The highest BCUT2D eigenvalue weighted by molar-refractivity contribution is 5.60. The van der Waals surface area contributed by atoms with E-state index in [9.17, 15) is 0 Å². The van der Waals surface area contributed by atoms with E-state index in [-0.39, 0.29) is 0 Å². The zero-order chi connectivity index (χ0) is 12.2. The fourth-order valence-electron chi connectivity index (χ4n) is 1.51. The molecule has 0 aromatic carbocycles. The lowest BCUT2D eigenvalue weighted by molar-refractivity contribution is -0.787. The van der Waals surface area contributed by atoms with E-state index in [0.717, 1.165) is 6.92 Å². The van der Waals surface area contributed by atoms with Crippen LogP contribution in [0.5, 0.6) is 0 Å². The Morgan fingerprint density at radius 3 is 2.12 bits per heavy atom. The van der Waals surface area contributed by atoms with Crippen LogP contribution < -0.4 is 10.0 Å². The number of rotatable bonds is 6. The molecule has 0 radical (unpaired) electrons. The van der Waals surface area contributed by atoms with Crippen LogP contribution in [0.4, 0.5) is 0 Å². The van der Waals surface area contributed by atoms with Crippen LogP contribution in [0.2, 0.25) is 0 Å². The van der Waals surface area contributed by atoms with Gasteiger partial charge in [0.05, 0.1) is 18.9 Å². The van der Waals surface area contributed by atoms with Crippen LogP contribution in [0.25, 0.3) is 0 Å². The minimum Gasteiger partial charge on any atom is -0.550 e. The Bertz CT molecular complexity index is 218. The molecule has 0 aromatic rings. The Morgan fingerprint density at radius 2 is 1.62 bits per heavy atom. The van der Waals surface area contributed by atoms with Gasteiger partial charge in [-0.25, -0.2) is 0 Å². The third-order valence-electron chi connectivity index (χ3n) is 2.30. The van der Waals surface area contributed by atoms with E-state index >= 15 is 0 Å². The summed E-state index contributed by atoms with van der Waals surface area (Å²) in [6, 6.07) is 0. The largest absolute Gasteiger partial charge is 0.550 e. The van der Waals surface area contributed by atoms with Crippen molar-refractivity contribution in [2.75, 3.05) is 6.54 Å². The molecule has 0 aromatic heterocycles. The smallest absolute Gasteiger partial charge is 0.0990 e. The molecule has 3 heteroatoms. The predicted octanol–water partition coefficient (Wildman–Crippen LogP) is 0.639. The van der Waals surface area contributed by atoms with Gasteiger partial charge in [-0.05, 0) is 31.9 Å². The van der Waals surface area contributed by atoms with Gasteiger partial charge < -0.3 is 9.90 Å². The van der Waals surface area contributed by atoms with Gasteiger partial charge >= 0.3 is 0 Å². The zero-order valence-corrected chi connectivity index (χ0v) is 10.4. The topological polar surface area (TPSA) is 44.6 Å². The second kappa shape index (κ2) is 10.4. The molecular formula is C13H23NO2. The van der Waals surface area contributed by atoms with Gasteiger partial charge in [0.15, 0.2) is 0 Å². The van der Waals surface area contributed by atoms with Crippen molar-refractivity contribution >= 4 is 5.97 Å². The first-order chi connectivity index (χ1) is 7.66. The number of aliphatic carboxylic acids is 1. The van der Waals surface area contributed by atoms with E-state index < -0.39 is 5.97 Å². The van der Waals surface area contributed by atoms with Crippen molar-refractivity contribution in [2.45, 2.75) is 46.0 Å². The molecule has 16 heavy (non-hydrogen) atoms. The summed E-state index contributed by atoms with van der Waals surface area (Å²) in [6.07, 6.45) is 15.6. The van der Waals surface area contributed by atoms with Crippen molar-refractivity contribution in [3.8, 4) is 0 Å². The molecular weight excluding hydrogens is 202 g/mol. The monoisotopic (exact) mass is 225 g/mol. The highest BCUT2D eigenvalue weighted by Gasteiger charge is 2.02. The molecule has 0 bridgehead atoms. The highest BCUT2D eigenvalue weighted by Crippen LogP contribution is 2.00. The number of quaternary nitrogens is 1.